The van der Waals surface area contributed by atoms with E-state index in [0.29, 0.717) is 18.3 Å². The van der Waals surface area contributed by atoms with E-state index < -0.39 is 0 Å². The summed E-state index contributed by atoms with van der Waals surface area (Å²) in [6.07, 6.45) is 5.75. The van der Waals surface area contributed by atoms with Crippen molar-refractivity contribution in [1.82, 2.24) is 20.5 Å². The number of hydrogen-bond acceptors (Lipinski definition) is 4. The van der Waals surface area contributed by atoms with Gasteiger partial charge < -0.3 is 11.1 Å². The second-order valence-electron chi connectivity index (χ2n) is 4.99. The maximum atomic E-state index is 12.2. The van der Waals surface area contributed by atoms with E-state index in [0.717, 1.165) is 19.3 Å². The van der Waals surface area contributed by atoms with Crippen LogP contribution in [0.5, 0.6) is 0 Å². The Morgan fingerprint density at radius 3 is 3.06 bits per heavy atom. The number of carbonyl (C=O) groups is 1. The van der Waals surface area contributed by atoms with Gasteiger partial charge in [0.05, 0.1) is 6.04 Å². The topological polar surface area (TPSA) is 96.7 Å². The molecule has 1 amide bonds. The smallest absolute Gasteiger partial charge is 0.224 e. The molecule has 0 spiro atoms. The molecule has 1 aliphatic rings. The van der Waals surface area contributed by atoms with Gasteiger partial charge in [0.1, 0.15) is 12.2 Å². The Morgan fingerprint density at radius 2 is 2.39 bits per heavy atom. The molecule has 2 rings (SSSR count). The molecule has 1 aromatic rings. The molecule has 18 heavy (non-hydrogen) atoms. The maximum absolute atomic E-state index is 12.2. The second-order valence-corrected chi connectivity index (χ2v) is 4.99. The van der Waals surface area contributed by atoms with Crippen molar-refractivity contribution in [3.63, 3.8) is 0 Å². The van der Waals surface area contributed by atoms with Crippen molar-refractivity contribution in [3.8, 4) is 0 Å². The molecule has 0 radical (unpaired) electrons. The van der Waals surface area contributed by atoms with Gasteiger partial charge in [0.25, 0.3) is 0 Å². The summed E-state index contributed by atoms with van der Waals surface area (Å²) in [6.45, 7) is 2.49. The summed E-state index contributed by atoms with van der Waals surface area (Å²) in [5.41, 5.74) is 5.75. The molecule has 0 bridgehead atoms. The molecule has 1 fully saturated rings. The van der Waals surface area contributed by atoms with Gasteiger partial charge in [-0.25, -0.2) is 4.98 Å². The van der Waals surface area contributed by atoms with E-state index >= 15 is 0 Å². The number of aromatic nitrogens is 3. The summed E-state index contributed by atoms with van der Waals surface area (Å²) in [5, 5.41) is 9.54. The van der Waals surface area contributed by atoms with Gasteiger partial charge >= 0.3 is 0 Å². The molecule has 1 aliphatic carbocycles. The van der Waals surface area contributed by atoms with Crippen molar-refractivity contribution >= 4 is 5.91 Å². The SMILES string of the molecule is CC(NC(=O)C1CCCCC1CN)c1ncn[nH]1. The van der Waals surface area contributed by atoms with Gasteiger partial charge in [-0.15, -0.1) is 0 Å². The molecule has 0 saturated heterocycles. The second kappa shape index (κ2) is 5.95. The van der Waals surface area contributed by atoms with Gasteiger partial charge in [-0.3, -0.25) is 9.89 Å². The summed E-state index contributed by atoms with van der Waals surface area (Å²) < 4.78 is 0. The lowest BCUT2D eigenvalue weighted by molar-refractivity contribution is -0.128. The number of nitrogens with one attached hydrogen (secondary N) is 2. The summed E-state index contributed by atoms with van der Waals surface area (Å²) in [7, 11) is 0. The number of hydrogen-bond donors (Lipinski definition) is 3. The summed E-state index contributed by atoms with van der Waals surface area (Å²) in [6, 6.07) is -0.139. The lowest BCUT2D eigenvalue weighted by Gasteiger charge is -2.30. The number of carbonyl (C=O) groups excluding carboxylic acids is 1. The zero-order valence-corrected chi connectivity index (χ0v) is 10.7. The van der Waals surface area contributed by atoms with Crippen LogP contribution in [0.15, 0.2) is 6.33 Å². The highest BCUT2D eigenvalue weighted by atomic mass is 16.2. The van der Waals surface area contributed by atoms with E-state index in [1.54, 1.807) is 0 Å². The van der Waals surface area contributed by atoms with E-state index in [-0.39, 0.29) is 17.9 Å². The van der Waals surface area contributed by atoms with E-state index in [2.05, 4.69) is 20.5 Å². The van der Waals surface area contributed by atoms with Crippen LogP contribution < -0.4 is 11.1 Å². The molecule has 1 heterocycles. The number of rotatable bonds is 4. The van der Waals surface area contributed by atoms with Crippen molar-refractivity contribution in [2.24, 2.45) is 17.6 Å². The Labute approximate surface area is 107 Å². The first-order valence-electron chi connectivity index (χ1n) is 6.58. The van der Waals surface area contributed by atoms with Gasteiger partial charge in [-0.1, -0.05) is 12.8 Å². The Kier molecular flexibility index (Phi) is 4.30. The molecule has 100 valence electrons. The molecule has 6 heteroatoms. The fraction of sp³-hybridized carbons (Fsp3) is 0.750. The monoisotopic (exact) mass is 251 g/mol. The normalized spacial score (nSPS) is 25.7. The van der Waals surface area contributed by atoms with Gasteiger partial charge in [0.15, 0.2) is 0 Å². The van der Waals surface area contributed by atoms with Crippen molar-refractivity contribution in [2.45, 2.75) is 38.6 Å². The minimum atomic E-state index is -0.139. The van der Waals surface area contributed by atoms with Crippen LogP contribution in [0.3, 0.4) is 0 Å². The number of aromatic amines is 1. The van der Waals surface area contributed by atoms with Crippen LogP contribution in [0, 0.1) is 11.8 Å². The van der Waals surface area contributed by atoms with Crippen LogP contribution in [0.25, 0.3) is 0 Å². The Bertz CT molecular complexity index is 378. The number of H-pyrrole nitrogens is 1. The lowest BCUT2D eigenvalue weighted by Crippen LogP contribution is -2.40. The molecule has 3 atom stereocenters. The van der Waals surface area contributed by atoms with Crippen LogP contribution in [0.2, 0.25) is 0 Å². The van der Waals surface area contributed by atoms with Crippen molar-refractivity contribution in [1.29, 1.82) is 0 Å². The van der Waals surface area contributed by atoms with Gasteiger partial charge in [0, 0.05) is 5.92 Å². The average molecular weight is 251 g/mol. The first-order chi connectivity index (χ1) is 8.72. The average Bonchev–Trinajstić information content (AvgIpc) is 2.92. The third kappa shape index (κ3) is 2.87. The van der Waals surface area contributed by atoms with Crippen LogP contribution in [-0.4, -0.2) is 27.6 Å². The predicted octanol–water partition coefficient (Wildman–Crippen LogP) is 0.747. The third-order valence-corrected chi connectivity index (χ3v) is 3.75. The number of nitrogens with zero attached hydrogens (tertiary/aromatic N) is 2. The van der Waals surface area contributed by atoms with Gasteiger partial charge in [-0.2, -0.15) is 5.10 Å². The summed E-state index contributed by atoms with van der Waals surface area (Å²) in [5.74, 6) is 1.15. The third-order valence-electron chi connectivity index (χ3n) is 3.75. The van der Waals surface area contributed by atoms with Gasteiger partial charge in [-0.05, 0) is 32.2 Å². The first-order valence-corrected chi connectivity index (χ1v) is 6.58. The summed E-state index contributed by atoms with van der Waals surface area (Å²) >= 11 is 0. The van der Waals surface area contributed by atoms with Crippen molar-refractivity contribution < 1.29 is 4.79 Å². The van der Waals surface area contributed by atoms with Gasteiger partial charge in [0.2, 0.25) is 5.91 Å². The maximum Gasteiger partial charge on any atom is 0.224 e. The summed E-state index contributed by atoms with van der Waals surface area (Å²) in [4.78, 5) is 16.3. The zero-order valence-electron chi connectivity index (χ0n) is 10.7. The highest BCUT2D eigenvalue weighted by molar-refractivity contribution is 5.79. The molecule has 0 aliphatic heterocycles. The van der Waals surface area contributed by atoms with Crippen LogP contribution in [0.4, 0.5) is 0 Å². The van der Waals surface area contributed by atoms with Crippen LogP contribution in [-0.2, 0) is 4.79 Å². The van der Waals surface area contributed by atoms with E-state index in [9.17, 15) is 4.79 Å². The highest BCUT2D eigenvalue weighted by Gasteiger charge is 2.30. The lowest BCUT2D eigenvalue weighted by atomic mass is 9.78. The molecule has 1 saturated carbocycles. The standard InChI is InChI=1S/C12H21N5O/c1-8(11-14-7-15-17-11)16-12(18)10-5-3-2-4-9(10)6-13/h7-10H,2-6,13H2,1H3,(H,16,18)(H,14,15,17). The van der Waals surface area contributed by atoms with Crippen molar-refractivity contribution in [3.05, 3.63) is 12.2 Å². The number of nitrogens with two attached hydrogens (primary N) is 1. The van der Waals surface area contributed by atoms with Crippen LogP contribution in [0.1, 0.15) is 44.5 Å². The zero-order chi connectivity index (χ0) is 13.0. The van der Waals surface area contributed by atoms with Crippen LogP contribution >= 0.6 is 0 Å². The molecular formula is C12H21N5O. The van der Waals surface area contributed by atoms with E-state index in [1.165, 1.54) is 12.7 Å². The predicted molar refractivity (Wildman–Crippen MR) is 67.4 cm³/mol. The quantitative estimate of drug-likeness (QED) is 0.735. The fourth-order valence-electron chi connectivity index (χ4n) is 2.65. The number of amides is 1. The largest absolute Gasteiger partial charge is 0.346 e. The van der Waals surface area contributed by atoms with E-state index in [1.807, 2.05) is 6.92 Å². The minimum Gasteiger partial charge on any atom is -0.346 e. The minimum absolute atomic E-state index is 0.0501. The fourth-order valence-corrected chi connectivity index (χ4v) is 2.65. The molecule has 0 aromatic carbocycles. The molecule has 6 nitrogen and oxygen atoms in total. The van der Waals surface area contributed by atoms with Crippen molar-refractivity contribution in [2.75, 3.05) is 6.54 Å². The highest BCUT2D eigenvalue weighted by Crippen LogP contribution is 2.29. The van der Waals surface area contributed by atoms with E-state index in [4.69, 9.17) is 5.73 Å². The molecule has 1 aromatic heterocycles. The Morgan fingerprint density at radius 1 is 1.61 bits per heavy atom. The first kappa shape index (κ1) is 13.0. The Balaban J connectivity index is 1.94. The molecule has 3 unspecified atom stereocenters. The Hall–Kier alpha value is -1.43. The molecule has 4 N–H and O–H groups in total. The molecular weight excluding hydrogens is 230 g/mol.